The Kier molecular flexibility index (Phi) is 9.08. The summed E-state index contributed by atoms with van der Waals surface area (Å²) in [6, 6.07) is 7.02. The van der Waals surface area contributed by atoms with E-state index in [0.29, 0.717) is 11.3 Å². The van der Waals surface area contributed by atoms with Crippen LogP contribution < -0.4 is 4.90 Å². The summed E-state index contributed by atoms with van der Waals surface area (Å²) in [6.45, 7) is 4.16. The highest BCUT2D eigenvalue weighted by atomic mass is 16.5. The number of carbonyl (C=O) groups is 2. The Morgan fingerprint density at radius 2 is 1.83 bits per heavy atom. The smallest absolute Gasteiger partial charge is 0.339 e. The summed E-state index contributed by atoms with van der Waals surface area (Å²) in [6.07, 6.45) is 5.44. The average Bonchev–Trinajstić information content (AvgIpc) is 2.59. The number of unbranched alkanes of at least 4 members (excludes halogenated alkanes) is 3. The van der Waals surface area contributed by atoms with E-state index in [1.807, 2.05) is 13.0 Å². The van der Waals surface area contributed by atoms with Gasteiger partial charge in [0.25, 0.3) is 5.91 Å². The van der Waals surface area contributed by atoms with E-state index in [2.05, 4.69) is 6.92 Å². The highest BCUT2D eigenvalue weighted by Crippen LogP contribution is 2.25. The van der Waals surface area contributed by atoms with Gasteiger partial charge in [0.2, 0.25) is 0 Å². The van der Waals surface area contributed by atoms with Crippen LogP contribution in [0.25, 0.3) is 0 Å². The predicted octanol–water partition coefficient (Wildman–Crippen LogP) is 3.81. The zero-order chi connectivity index (χ0) is 17.9. The number of hydrogen-bond donors (Lipinski definition) is 0. The third-order valence-corrected chi connectivity index (χ3v) is 4.02. The van der Waals surface area contributed by atoms with Gasteiger partial charge in [-0.3, -0.25) is 4.79 Å². The minimum absolute atomic E-state index is 0.0182. The number of esters is 1. The van der Waals surface area contributed by atoms with Crippen LogP contribution in [0.1, 0.15) is 56.3 Å². The number of benzene rings is 1. The van der Waals surface area contributed by atoms with E-state index in [-0.39, 0.29) is 18.6 Å². The van der Waals surface area contributed by atoms with Gasteiger partial charge in [-0.15, -0.1) is 0 Å². The van der Waals surface area contributed by atoms with Crippen LogP contribution in [0.15, 0.2) is 24.3 Å². The number of hydrogen-bond acceptors (Lipinski definition) is 4. The van der Waals surface area contributed by atoms with Gasteiger partial charge < -0.3 is 14.4 Å². The lowest BCUT2D eigenvalue weighted by atomic mass is 10.0. The predicted molar refractivity (Wildman–Crippen MR) is 95.4 cm³/mol. The van der Waals surface area contributed by atoms with Gasteiger partial charge in [0, 0.05) is 13.2 Å². The standard InChI is InChI=1S/C19H29NO4/c1-5-6-7-8-11-15(2)20(18(21)14-23-3)17-13-10-9-12-16(17)19(22)24-4/h9-10,12-13,15H,5-8,11,14H2,1-4H3. The fraction of sp³-hybridized carbons (Fsp3) is 0.579. The third-order valence-electron chi connectivity index (χ3n) is 4.02. The molecule has 0 spiro atoms. The molecule has 0 fully saturated rings. The fourth-order valence-electron chi connectivity index (χ4n) is 2.77. The van der Waals surface area contributed by atoms with Crippen molar-refractivity contribution in [3.63, 3.8) is 0 Å². The van der Waals surface area contributed by atoms with Crippen molar-refractivity contribution >= 4 is 17.6 Å². The Balaban J connectivity index is 3.06. The van der Waals surface area contributed by atoms with E-state index < -0.39 is 5.97 Å². The first-order valence-electron chi connectivity index (χ1n) is 8.55. The number of para-hydroxylation sites is 1. The van der Waals surface area contributed by atoms with E-state index in [1.54, 1.807) is 23.1 Å². The maximum atomic E-state index is 12.6. The number of carbonyl (C=O) groups excluding carboxylic acids is 2. The molecule has 1 amide bonds. The van der Waals surface area contributed by atoms with E-state index in [0.717, 1.165) is 19.3 Å². The lowest BCUT2D eigenvalue weighted by Crippen LogP contribution is -2.41. The molecule has 134 valence electrons. The molecule has 0 heterocycles. The minimum Gasteiger partial charge on any atom is -0.465 e. The van der Waals surface area contributed by atoms with Crippen molar-refractivity contribution in [2.24, 2.45) is 0 Å². The van der Waals surface area contributed by atoms with Gasteiger partial charge in [-0.25, -0.2) is 4.79 Å². The van der Waals surface area contributed by atoms with Crippen LogP contribution in [0.3, 0.4) is 0 Å². The molecule has 1 unspecified atom stereocenters. The molecule has 0 aliphatic heterocycles. The van der Waals surface area contributed by atoms with Crippen LogP contribution in [-0.4, -0.2) is 38.7 Å². The SMILES string of the molecule is CCCCCCC(C)N(C(=O)COC)c1ccccc1C(=O)OC. The van der Waals surface area contributed by atoms with Gasteiger partial charge in [0.15, 0.2) is 0 Å². The van der Waals surface area contributed by atoms with Crippen LogP contribution in [0.2, 0.25) is 0 Å². The van der Waals surface area contributed by atoms with E-state index in [1.165, 1.54) is 27.1 Å². The normalized spacial score (nSPS) is 11.8. The molecule has 0 saturated carbocycles. The van der Waals surface area contributed by atoms with E-state index in [4.69, 9.17) is 9.47 Å². The fourth-order valence-corrected chi connectivity index (χ4v) is 2.77. The summed E-state index contributed by atoms with van der Waals surface area (Å²) < 4.78 is 9.87. The number of nitrogens with zero attached hydrogens (tertiary/aromatic N) is 1. The molecule has 1 atom stereocenters. The Morgan fingerprint density at radius 3 is 2.46 bits per heavy atom. The maximum Gasteiger partial charge on any atom is 0.339 e. The first-order valence-corrected chi connectivity index (χ1v) is 8.55. The number of methoxy groups -OCH3 is 2. The van der Waals surface area contributed by atoms with Gasteiger partial charge >= 0.3 is 5.97 Å². The summed E-state index contributed by atoms with van der Waals surface area (Å²) in [5.74, 6) is -0.601. The maximum absolute atomic E-state index is 12.6. The first kappa shape index (κ1) is 20.2. The Hall–Kier alpha value is -1.88. The molecule has 0 aliphatic rings. The number of anilines is 1. The molecule has 1 aromatic carbocycles. The second kappa shape index (κ2) is 10.8. The summed E-state index contributed by atoms with van der Waals surface area (Å²) in [5, 5.41) is 0. The highest BCUT2D eigenvalue weighted by molar-refractivity contribution is 6.03. The Bertz CT molecular complexity index is 530. The monoisotopic (exact) mass is 335 g/mol. The molecule has 0 aliphatic carbocycles. The third kappa shape index (κ3) is 5.64. The van der Waals surface area contributed by atoms with Crippen molar-refractivity contribution in [3.05, 3.63) is 29.8 Å². The lowest BCUT2D eigenvalue weighted by Gasteiger charge is -2.30. The zero-order valence-corrected chi connectivity index (χ0v) is 15.2. The first-order chi connectivity index (χ1) is 11.6. The van der Waals surface area contributed by atoms with Gasteiger partial charge in [0.05, 0.1) is 18.4 Å². The van der Waals surface area contributed by atoms with Crippen LogP contribution in [-0.2, 0) is 14.3 Å². The summed E-state index contributed by atoms with van der Waals surface area (Å²) >= 11 is 0. The molecule has 0 N–H and O–H groups in total. The zero-order valence-electron chi connectivity index (χ0n) is 15.2. The van der Waals surface area contributed by atoms with Crippen molar-refractivity contribution in [2.45, 2.75) is 52.0 Å². The Labute approximate surface area is 144 Å². The van der Waals surface area contributed by atoms with Gasteiger partial charge in [0.1, 0.15) is 6.61 Å². The number of ether oxygens (including phenoxy) is 2. The molecule has 0 aromatic heterocycles. The lowest BCUT2D eigenvalue weighted by molar-refractivity contribution is -0.122. The number of rotatable bonds is 10. The number of amides is 1. The van der Waals surface area contributed by atoms with Crippen LogP contribution >= 0.6 is 0 Å². The van der Waals surface area contributed by atoms with Crippen LogP contribution in [0, 0.1) is 0 Å². The topological polar surface area (TPSA) is 55.8 Å². The van der Waals surface area contributed by atoms with Gasteiger partial charge in [-0.1, -0.05) is 44.7 Å². The molecule has 5 heteroatoms. The molecule has 1 aromatic rings. The molecule has 0 radical (unpaired) electrons. The van der Waals surface area contributed by atoms with E-state index in [9.17, 15) is 9.59 Å². The summed E-state index contributed by atoms with van der Waals surface area (Å²) in [7, 11) is 2.84. The summed E-state index contributed by atoms with van der Waals surface area (Å²) in [5.41, 5.74) is 0.972. The van der Waals surface area contributed by atoms with Crippen molar-refractivity contribution in [1.82, 2.24) is 0 Å². The quantitative estimate of drug-likeness (QED) is 0.482. The molecule has 1 rings (SSSR count). The van der Waals surface area contributed by atoms with Crippen molar-refractivity contribution in [3.8, 4) is 0 Å². The average molecular weight is 335 g/mol. The van der Waals surface area contributed by atoms with Crippen molar-refractivity contribution in [1.29, 1.82) is 0 Å². The molecule has 0 saturated heterocycles. The summed E-state index contributed by atoms with van der Waals surface area (Å²) in [4.78, 5) is 26.3. The highest BCUT2D eigenvalue weighted by Gasteiger charge is 2.26. The van der Waals surface area contributed by atoms with Crippen molar-refractivity contribution < 1.29 is 19.1 Å². The second-order valence-corrected chi connectivity index (χ2v) is 5.90. The molecule has 5 nitrogen and oxygen atoms in total. The van der Waals surface area contributed by atoms with E-state index >= 15 is 0 Å². The van der Waals surface area contributed by atoms with Crippen LogP contribution in [0.4, 0.5) is 5.69 Å². The minimum atomic E-state index is -0.445. The molecular weight excluding hydrogens is 306 g/mol. The second-order valence-electron chi connectivity index (χ2n) is 5.90. The largest absolute Gasteiger partial charge is 0.465 e. The molecular formula is C19H29NO4. The van der Waals surface area contributed by atoms with Crippen molar-refractivity contribution in [2.75, 3.05) is 25.7 Å². The molecule has 24 heavy (non-hydrogen) atoms. The molecule has 0 bridgehead atoms. The van der Waals surface area contributed by atoms with Gasteiger partial charge in [-0.05, 0) is 25.5 Å². The van der Waals surface area contributed by atoms with Crippen LogP contribution in [0.5, 0.6) is 0 Å². The van der Waals surface area contributed by atoms with Gasteiger partial charge in [-0.2, -0.15) is 0 Å². The Morgan fingerprint density at radius 1 is 1.12 bits per heavy atom.